The molecule has 0 fully saturated rings. The van der Waals surface area contributed by atoms with Crippen LogP contribution in [0.5, 0.6) is 11.5 Å². The molecular weight excluding hydrogens is 244 g/mol. The first kappa shape index (κ1) is 15.2. The van der Waals surface area contributed by atoms with Crippen LogP contribution in [0.15, 0.2) is 24.3 Å². The molecule has 0 aromatic heterocycles. The van der Waals surface area contributed by atoms with Gasteiger partial charge in [0.1, 0.15) is 11.5 Å². The SMILES string of the molecule is CCOc1ccc(OCC(CC)(CC)CS)cc1. The van der Waals surface area contributed by atoms with Crippen LogP contribution >= 0.6 is 12.6 Å². The average molecular weight is 268 g/mol. The molecule has 0 atom stereocenters. The van der Waals surface area contributed by atoms with Gasteiger partial charge < -0.3 is 9.47 Å². The molecule has 0 aliphatic carbocycles. The van der Waals surface area contributed by atoms with Crippen molar-refractivity contribution in [2.45, 2.75) is 33.6 Å². The van der Waals surface area contributed by atoms with Gasteiger partial charge in [-0.1, -0.05) is 13.8 Å². The number of ether oxygens (including phenoxy) is 2. The van der Waals surface area contributed by atoms with Crippen LogP contribution < -0.4 is 9.47 Å². The lowest BCUT2D eigenvalue weighted by Gasteiger charge is -2.29. The lowest BCUT2D eigenvalue weighted by atomic mass is 9.85. The molecule has 18 heavy (non-hydrogen) atoms. The third-order valence-electron chi connectivity index (χ3n) is 3.52. The van der Waals surface area contributed by atoms with Gasteiger partial charge in [-0.05, 0) is 49.8 Å². The molecule has 0 saturated carbocycles. The van der Waals surface area contributed by atoms with E-state index in [9.17, 15) is 0 Å². The highest BCUT2D eigenvalue weighted by Gasteiger charge is 2.25. The highest BCUT2D eigenvalue weighted by atomic mass is 32.1. The summed E-state index contributed by atoms with van der Waals surface area (Å²) in [6.45, 7) is 7.78. The summed E-state index contributed by atoms with van der Waals surface area (Å²) in [5, 5.41) is 0. The summed E-state index contributed by atoms with van der Waals surface area (Å²) in [6.07, 6.45) is 2.17. The lowest BCUT2D eigenvalue weighted by Crippen LogP contribution is -2.29. The van der Waals surface area contributed by atoms with E-state index < -0.39 is 0 Å². The second-order valence-electron chi connectivity index (χ2n) is 4.56. The van der Waals surface area contributed by atoms with Crippen LogP contribution in [0, 0.1) is 5.41 Å². The van der Waals surface area contributed by atoms with Crippen LogP contribution in [-0.2, 0) is 0 Å². The van der Waals surface area contributed by atoms with Crippen molar-refractivity contribution in [3.8, 4) is 11.5 Å². The Morgan fingerprint density at radius 2 is 1.44 bits per heavy atom. The fourth-order valence-corrected chi connectivity index (χ4v) is 2.30. The van der Waals surface area contributed by atoms with Crippen molar-refractivity contribution < 1.29 is 9.47 Å². The third kappa shape index (κ3) is 4.13. The fraction of sp³-hybridized carbons (Fsp3) is 0.600. The van der Waals surface area contributed by atoms with E-state index in [1.807, 2.05) is 31.2 Å². The maximum Gasteiger partial charge on any atom is 0.119 e. The minimum Gasteiger partial charge on any atom is -0.494 e. The van der Waals surface area contributed by atoms with Crippen LogP contribution in [0.4, 0.5) is 0 Å². The first-order valence-corrected chi connectivity index (χ1v) is 7.29. The summed E-state index contributed by atoms with van der Waals surface area (Å²) in [5.41, 5.74) is 0.182. The molecule has 0 N–H and O–H groups in total. The Labute approximate surface area is 116 Å². The fourth-order valence-electron chi connectivity index (χ4n) is 1.76. The Kier molecular flexibility index (Phi) is 6.41. The molecule has 0 unspecified atom stereocenters. The Morgan fingerprint density at radius 1 is 0.944 bits per heavy atom. The molecule has 0 saturated heterocycles. The number of rotatable bonds is 8. The van der Waals surface area contributed by atoms with Crippen LogP contribution in [0.3, 0.4) is 0 Å². The Balaban J connectivity index is 2.57. The predicted molar refractivity (Wildman–Crippen MR) is 80.0 cm³/mol. The summed E-state index contributed by atoms with van der Waals surface area (Å²) < 4.78 is 11.3. The molecule has 0 amide bonds. The van der Waals surface area contributed by atoms with E-state index in [4.69, 9.17) is 9.47 Å². The van der Waals surface area contributed by atoms with Gasteiger partial charge in [-0.15, -0.1) is 0 Å². The van der Waals surface area contributed by atoms with Crippen LogP contribution in [0.1, 0.15) is 33.6 Å². The molecule has 102 valence electrons. The summed E-state index contributed by atoms with van der Waals surface area (Å²) in [6, 6.07) is 7.80. The zero-order valence-electron chi connectivity index (χ0n) is 11.6. The maximum atomic E-state index is 5.87. The van der Waals surface area contributed by atoms with E-state index in [0.29, 0.717) is 6.61 Å². The molecule has 1 rings (SSSR count). The van der Waals surface area contributed by atoms with Gasteiger partial charge in [0.25, 0.3) is 0 Å². The molecule has 0 heterocycles. The monoisotopic (exact) mass is 268 g/mol. The molecule has 0 spiro atoms. The Bertz CT molecular complexity index is 323. The largest absolute Gasteiger partial charge is 0.494 e. The van der Waals surface area contributed by atoms with Crippen molar-refractivity contribution in [2.75, 3.05) is 19.0 Å². The van der Waals surface area contributed by atoms with Crippen molar-refractivity contribution in [2.24, 2.45) is 5.41 Å². The van der Waals surface area contributed by atoms with E-state index >= 15 is 0 Å². The van der Waals surface area contributed by atoms with Crippen molar-refractivity contribution in [3.05, 3.63) is 24.3 Å². The molecule has 1 aromatic carbocycles. The van der Waals surface area contributed by atoms with Gasteiger partial charge in [0.05, 0.1) is 13.2 Å². The second-order valence-corrected chi connectivity index (χ2v) is 4.87. The topological polar surface area (TPSA) is 18.5 Å². The Hall–Kier alpha value is -0.830. The molecule has 2 nitrogen and oxygen atoms in total. The first-order valence-electron chi connectivity index (χ1n) is 6.66. The van der Waals surface area contributed by atoms with Crippen LogP contribution in [0.2, 0.25) is 0 Å². The molecule has 0 aliphatic rings. The highest BCUT2D eigenvalue weighted by molar-refractivity contribution is 7.80. The minimum atomic E-state index is 0.182. The first-order chi connectivity index (χ1) is 8.69. The quantitative estimate of drug-likeness (QED) is 0.712. The van der Waals surface area contributed by atoms with Crippen molar-refractivity contribution in [1.82, 2.24) is 0 Å². The van der Waals surface area contributed by atoms with Gasteiger partial charge in [-0.2, -0.15) is 12.6 Å². The number of hydrogen-bond donors (Lipinski definition) is 1. The van der Waals surface area contributed by atoms with Crippen molar-refractivity contribution in [1.29, 1.82) is 0 Å². The molecule has 1 aromatic rings. The summed E-state index contributed by atoms with van der Waals surface area (Å²) >= 11 is 4.45. The third-order valence-corrected chi connectivity index (χ3v) is 4.19. The van der Waals surface area contributed by atoms with Gasteiger partial charge in [0.2, 0.25) is 0 Å². The van der Waals surface area contributed by atoms with Gasteiger partial charge in [0, 0.05) is 5.41 Å². The molecule has 3 heteroatoms. The van der Waals surface area contributed by atoms with Crippen molar-refractivity contribution >= 4 is 12.6 Å². The standard InChI is InChI=1S/C15H24O2S/c1-4-15(5-2,12-18)11-17-14-9-7-13(8-10-14)16-6-3/h7-10,18H,4-6,11-12H2,1-3H3. The van der Waals surface area contributed by atoms with Gasteiger partial charge >= 0.3 is 0 Å². The van der Waals surface area contributed by atoms with E-state index in [2.05, 4.69) is 26.5 Å². The van der Waals surface area contributed by atoms with Crippen LogP contribution in [-0.4, -0.2) is 19.0 Å². The number of hydrogen-bond acceptors (Lipinski definition) is 3. The summed E-state index contributed by atoms with van der Waals surface area (Å²) in [5.74, 6) is 2.64. The van der Waals surface area contributed by atoms with E-state index in [-0.39, 0.29) is 5.41 Å². The lowest BCUT2D eigenvalue weighted by molar-refractivity contribution is 0.157. The normalized spacial score (nSPS) is 11.3. The smallest absolute Gasteiger partial charge is 0.119 e. The molecule has 0 bridgehead atoms. The highest BCUT2D eigenvalue weighted by Crippen LogP contribution is 2.29. The molecule has 0 aliphatic heterocycles. The predicted octanol–water partition coefficient (Wildman–Crippen LogP) is 4.20. The average Bonchev–Trinajstić information content (AvgIpc) is 2.43. The van der Waals surface area contributed by atoms with Crippen LogP contribution in [0.25, 0.3) is 0 Å². The van der Waals surface area contributed by atoms with E-state index in [1.165, 1.54) is 0 Å². The van der Waals surface area contributed by atoms with Gasteiger partial charge in [0.15, 0.2) is 0 Å². The maximum absolute atomic E-state index is 5.87. The summed E-state index contributed by atoms with van der Waals surface area (Å²) in [7, 11) is 0. The summed E-state index contributed by atoms with van der Waals surface area (Å²) in [4.78, 5) is 0. The van der Waals surface area contributed by atoms with E-state index in [0.717, 1.165) is 36.7 Å². The van der Waals surface area contributed by atoms with Crippen molar-refractivity contribution in [3.63, 3.8) is 0 Å². The zero-order chi connectivity index (χ0) is 13.4. The zero-order valence-corrected chi connectivity index (χ0v) is 12.5. The second kappa shape index (κ2) is 7.57. The molecule has 0 radical (unpaired) electrons. The molecular formula is C15H24O2S. The minimum absolute atomic E-state index is 0.182. The Morgan fingerprint density at radius 3 is 1.83 bits per heavy atom. The number of thiol groups is 1. The van der Waals surface area contributed by atoms with Gasteiger partial charge in [-0.25, -0.2) is 0 Å². The van der Waals surface area contributed by atoms with E-state index in [1.54, 1.807) is 0 Å². The van der Waals surface area contributed by atoms with Gasteiger partial charge in [-0.3, -0.25) is 0 Å². The number of benzene rings is 1.